The average Bonchev–Trinajstić information content (AvgIpc) is 3.07. The molecular formula is C20H25ClN4O5. The SMILES string of the molecule is O=C(ON1C(=O)CCC1=O)N1CCN(Cc2cc(Cl)ccc2N2CCOCC2)CC1. The van der Waals surface area contributed by atoms with Gasteiger partial charge in [-0.25, -0.2) is 4.79 Å². The number of rotatable bonds is 4. The highest BCUT2D eigenvalue weighted by molar-refractivity contribution is 6.30. The Morgan fingerprint density at radius 2 is 1.67 bits per heavy atom. The highest BCUT2D eigenvalue weighted by Crippen LogP contribution is 2.27. The lowest BCUT2D eigenvalue weighted by molar-refractivity contribution is -0.174. The van der Waals surface area contributed by atoms with E-state index in [-0.39, 0.29) is 12.8 Å². The van der Waals surface area contributed by atoms with Gasteiger partial charge in [0.2, 0.25) is 0 Å². The lowest BCUT2D eigenvalue weighted by Gasteiger charge is -2.36. The molecule has 0 spiro atoms. The number of morpholine rings is 1. The predicted octanol–water partition coefficient (Wildman–Crippen LogP) is 1.49. The first-order chi connectivity index (χ1) is 14.5. The summed E-state index contributed by atoms with van der Waals surface area (Å²) in [4.78, 5) is 46.7. The normalized spacial score (nSPS) is 20.8. The smallest absolute Gasteiger partial charge is 0.378 e. The van der Waals surface area contributed by atoms with Crippen molar-refractivity contribution in [3.05, 3.63) is 28.8 Å². The molecule has 0 atom stereocenters. The largest absolute Gasteiger partial charge is 0.434 e. The molecule has 1 aromatic carbocycles. The number of imide groups is 1. The Bertz CT molecular complexity index is 805. The van der Waals surface area contributed by atoms with Crippen molar-refractivity contribution in [1.29, 1.82) is 0 Å². The number of hydrogen-bond donors (Lipinski definition) is 0. The van der Waals surface area contributed by atoms with Crippen LogP contribution in [0.2, 0.25) is 5.02 Å². The molecule has 3 aliphatic heterocycles. The molecule has 9 nitrogen and oxygen atoms in total. The minimum absolute atomic E-state index is 0.0883. The summed E-state index contributed by atoms with van der Waals surface area (Å²) in [6.45, 7) is 6.09. The number of piperazine rings is 1. The lowest BCUT2D eigenvalue weighted by atomic mass is 10.1. The molecule has 0 N–H and O–H groups in total. The quantitative estimate of drug-likeness (QED) is 0.661. The van der Waals surface area contributed by atoms with Gasteiger partial charge in [-0.2, -0.15) is 0 Å². The summed E-state index contributed by atoms with van der Waals surface area (Å²) in [5, 5.41) is 1.29. The minimum Gasteiger partial charge on any atom is -0.378 e. The molecule has 3 fully saturated rings. The predicted molar refractivity (Wildman–Crippen MR) is 109 cm³/mol. The van der Waals surface area contributed by atoms with Gasteiger partial charge in [-0.15, -0.1) is 5.06 Å². The van der Waals surface area contributed by atoms with Gasteiger partial charge in [0.05, 0.1) is 13.2 Å². The van der Waals surface area contributed by atoms with Crippen molar-refractivity contribution in [1.82, 2.24) is 14.9 Å². The van der Waals surface area contributed by atoms with Gasteiger partial charge in [-0.1, -0.05) is 11.6 Å². The zero-order chi connectivity index (χ0) is 21.1. The molecule has 3 heterocycles. The summed E-state index contributed by atoms with van der Waals surface area (Å²) in [5.74, 6) is -0.938. The van der Waals surface area contributed by atoms with Gasteiger partial charge >= 0.3 is 6.09 Å². The molecule has 4 rings (SSSR count). The average molecular weight is 437 g/mol. The van der Waals surface area contributed by atoms with Crippen LogP contribution in [0.1, 0.15) is 18.4 Å². The number of carbonyl (C=O) groups is 3. The van der Waals surface area contributed by atoms with Gasteiger partial charge in [0, 0.05) is 69.4 Å². The highest BCUT2D eigenvalue weighted by atomic mass is 35.5. The van der Waals surface area contributed by atoms with Crippen LogP contribution in [-0.4, -0.2) is 85.3 Å². The fraction of sp³-hybridized carbons (Fsp3) is 0.550. The van der Waals surface area contributed by atoms with E-state index in [1.54, 1.807) is 0 Å². The molecule has 0 bridgehead atoms. The van der Waals surface area contributed by atoms with Gasteiger partial charge in [0.15, 0.2) is 0 Å². The van der Waals surface area contributed by atoms with E-state index >= 15 is 0 Å². The maximum atomic E-state index is 12.3. The van der Waals surface area contributed by atoms with Crippen molar-refractivity contribution >= 4 is 35.2 Å². The Morgan fingerprint density at radius 1 is 1.00 bits per heavy atom. The van der Waals surface area contributed by atoms with Crippen LogP contribution in [-0.2, 0) is 25.7 Å². The number of carbonyl (C=O) groups excluding carboxylic acids is 3. The number of nitrogens with zero attached hydrogens (tertiary/aromatic N) is 4. The van der Waals surface area contributed by atoms with Crippen LogP contribution in [0.4, 0.5) is 10.5 Å². The molecule has 3 aliphatic rings. The van der Waals surface area contributed by atoms with Crippen LogP contribution in [0.15, 0.2) is 18.2 Å². The molecular weight excluding hydrogens is 412 g/mol. The summed E-state index contributed by atoms with van der Waals surface area (Å²) < 4.78 is 5.46. The summed E-state index contributed by atoms with van der Waals surface area (Å²) >= 11 is 6.25. The molecule has 0 aliphatic carbocycles. The fourth-order valence-electron chi connectivity index (χ4n) is 3.92. The van der Waals surface area contributed by atoms with Gasteiger partial charge in [0.25, 0.3) is 11.8 Å². The number of anilines is 1. The summed E-state index contributed by atoms with van der Waals surface area (Å²) in [6, 6.07) is 5.96. The Balaban J connectivity index is 1.34. The lowest BCUT2D eigenvalue weighted by Crippen LogP contribution is -2.50. The van der Waals surface area contributed by atoms with Crippen LogP contribution in [0.3, 0.4) is 0 Å². The third-order valence-electron chi connectivity index (χ3n) is 5.59. The van der Waals surface area contributed by atoms with Crippen LogP contribution in [0, 0.1) is 0 Å². The zero-order valence-corrected chi connectivity index (χ0v) is 17.5. The summed E-state index contributed by atoms with van der Waals surface area (Å²) in [7, 11) is 0. The van der Waals surface area contributed by atoms with Crippen molar-refractivity contribution in [3.63, 3.8) is 0 Å². The first kappa shape index (κ1) is 20.9. The van der Waals surface area contributed by atoms with Crippen molar-refractivity contribution in [2.75, 3.05) is 57.4 Å². The second-order valence-electron chi connectivity index (χ2n) is 7.57. The zero-order valence-electron chi connectivity index (χ0n) is 16.7. The van der Waals surface area contributed by atoms with Gasteiger partial charge in [0.1, 0.15) is 0 Å². The topological polar surface area (TPSA) is 82.6 Å². The Morgan fingerprint density at radius 3 is 2.33 bits per heavy atom. The summed E-state index contributed by atoms with van der Waals surface area (Å²) in [6.07, 6.45) is -0.481. The van der Waals surface area contributed by atoms with E-state index in [4.69, 9.17) is 21.2 Å². The first-order valence-corrected chi connectivity index (χ1v) is 10.6. The van der Waals surface area contributed by atoms with E-state index in [0.717, 1.165) is 30.9 Å². The third-order valence-corrected chi connectivity index (χ3v) is 5.83. The molecule has 162 valence electrons. The Hall–Kier alpha value is -2.36. The summed E-state index contributed by atoms with van der Waals surface area (Å²) in [5.41, 5.74) is 2.31. The van der Waals surface area contributed by atoms with Gasteiger partial charge in [-0.3, -0.25) is 14.5 Å². The monoisotopic (exact) mass is 436 g/mol. The number of amides is 3. The number of ether oxygens (including phenoxy) is 1. The van der Waals surface area contributed by atoms with Crippen LogP contribution in [0.5, 0.6) is 0 Å². The second kappa shape index (κ2) is 9.20. The highest BCUT2D eigenvalue weighted by Gasteiger charge is 2.35. The van der Waals surface area contributed by atoms with E-state index in [2.05, 4.69) is 15.9 Å². The van der Waals surface area contributed by atoms with Crippen molar-refractivity contribution in [2.45, 2.75) is 19.4 Å². The second-order valence-corrected chi connectivity index (χ2v) is 8.01. The van der Waals surface area contributed by atoms with Gasteiger partial charge < -0.3 is 19.4 Å². The molecule has 0 aromatic heterocycles. The molecule has 0 saturated carbocycles. The van der Waals surface area contributed by atoms with E-state index in [1.165, 1.54) is 4.90 Å². The molecule has 10 heteroatoms. The maximum absolute atomic E-state index is 12.3. The van der Waals surface area contributed by atoms with Crippen LogP contribution >= 0.6 is 11.6 Å². The third kappa shape index (κ3) is 4.69. The Kier molecular flexibility index (Phi) is 6.40. The first-order valence-electron chi connectivity index (χ1n) is 10.2. The van der Waals surface area contributed by atoms with Crippen LogP contribution < -0.4 is 4.90 Å². The molecule has 0 radical (unpaired) electrons. The number of benzene rings is 1. The number of halogens is 1. The van der Waals surface area contributed by atoms with E-state index in [9.17, 15) is 14.4 Å². The minimum atomic E-state index is -0.657. The van der Waals surface area contributed by atoms with Crippen molar-refractivity contribution in [2.24, 2.45) is 0 Å². The van der Waals surface area contributed by atoms with Gasteiger partial charge in [-0.05, 0) is 23.8 Å². The molecule has 30 heavy (non-hydrogen) atoms. The molecule has 3 amide bonds. The van der Waals surface area contributed by atoms with Crippen LogP contribution in [0.25, 0.3) is 0 Å². The standard InChI is InChI=1S/C20H25ClN4O5/c21-16-1-2-17(23-9-11-29-12-10-23)15(13-16)14-22-5-7-24(8-6-22)20(28)30-25-18(26)3-4-19(25)27/h1-2,13H,3-12,14H2. The van der Waals surface area contributed by atoms with Crippen molar-refractivity contribution < 1.29 is 24.0 Å². The number of hydrogen-bond acceptors (Lipinski definition) is 7. The Labute approximate surface area is 180 Å². The maximum Gasteiger partial charge on any atom is 0.434 e. The number of hydroxylamine groups is 2. The molecule has 3 saturated heterocycles. The van der Waals surface area contributed by atoms with E-state index in [1.807, 2.05) is 12.1 Å². The molecule has 1 aromatic rings. The fourth-order valence-corrected chi connectivity index (χ4v) is 4.11. The van der Waals surface area contributed by atoms with E-state index in [0.29, 0.717) is 49.5 Å². The van der Waals surface area contributed by atoms with Crippen molar-refractivity contribution in [3.8, 4) is 0 Å². The van der Waals surface area contributed by atoms with E-state index < -0.39 is 17.9 Å². The molecule has 0 unspecified atom stereocenters.